The van der Waals surface area contributed by atoms with Crippen LogP contribution < -0.4 is 4.74 Å². The van der Waals surface area contributed by atoms with Crippen LogP contribution in [0.1, 0.15) is 10.4 Å². The fourth-order valence-electron chi connectivity index (χ4n) is 1.57. The van der Waals surface area contributed by atoms with Crippen LogP contribution in [0, 0.1) is 0 Å². The van der Waals surface area contributed by atoms with Gasteiger partial charge in [-0.1, -0.05) is 35.9 Å². The predicted molar refractivity (Wildman–Crippen MR) is 79.5 cm³/mol. The van der Waals surface area contributed by atoms with Crippen molar-refractivity contribution in [3.8, 4) is 5.75 Å². The van der Waals surface area contributed by atoms with Crippen LogP contribution in [0.2, 0.25) is 5.02 Å². The van der Waals surface area contributed by atoms with Crippen LogP contribution in [0.5, 0.6) is 5.75 Å². The summed E-state index contributed by atoms with van der Waals surface area (Å²) in [5.41, 5.74) is 0.643. The molecule has 0 amide bonds. The molecule has 2 aromatic rings. The minimum atomic E-state index is -0.0624. The monoisotopic (exact) mass is 292 g/mol. The number of ether oxygens (including phenoxy) is 1. The van der Waals surface area contributed by atoms with E-state index < -0.39 is 0 Å². The van der Waals surface area contributed by atoms with E-state index in [1.807, 2.05) is 42.7 Å². The second-order valence-electron chi connectivity index (χ2n) is 3.87. The zero-order valence-corrected chi connectivity index (χ0v) is 12.0. The summed E-state index contributed by atoms with van der Waals surface area (Å²) in [6.45, 7) is -0.0116. The van der Waals surface area contributed by atoms with Crippen LogP contribution in [0.15, 0.2) is 53.4 Å². The third kappa shape index (κ3) is 3.75. The maximum absolute atomic E-state index is 12.0. The summed E-state index contributed by atoms with van der Waals surface area (Å²) < 4.78 is 5.42. The molecule has 0 unspecified atom stereocenters. The number of benzene rings is 2. The summed E-state index contributed by atoms with van der Waals surface area (Å²) >= 11 is 7.60. The average Bonchev–Trinajstić information content (AvgIpc) is 2.46. The number of Topliss-reactive ketones (excluding diaryl/α,β-unsaturated/α-hetero) is 1. The van der Waals surface area contributed by atoms with E-state index in [1.165, 1.54) is 0 Å². The van der Waals surface area contributed by atoms with Crippen molar-refractivity contribution in [3.05, 3.63) is 59.1 Å². The van der Waals surface area contributed by atoms with Crippen LogP contribution in [0.3, 0.4) is 0 Å². The molecule has 0 N–H and O–H groups in total. The Morgan fingerprint density at radius 3 is 2.47 bits per heavy atom. The molecule has 0 aliphatic carbocycles. The van der Waals surface area contributed by atoms with Gasteiger partial charge in [0.15, 0.2) is 12.4 Å². The van der Waals surface area contributed by atoms with E-state index in [4.69, 9.17) is 16.3 Å². The molecule has 2 aromatic carbocycles. The van der Waals surface area contributed by atoms with Crippen molar-refractivity contribution in [2.75, 3.05) is 12.9 Å². The Balaban J connectivity index is 1.99. The van der Waals surface area contributed by atoms with Crippen molar-refractivity contribution < 1.29 is 9.53 Å². The Hall–Kier alpha value is -1.45. The van der Waals surface area contributed by atoms with E-state index >= 15 is 0 Å². The van der Waals surface area contributed by atoms with E-state index in [0.29, 0.717) is 16.3 Å². The number of hydrogen-bond donors (Lipinski definition) is 0. The molecule has 0 aliphatic rings. The molecule has 19 heavy (non-hydrogen) atoms. The molecule has 0 aliphatic heterocycles. The number of thioether (sulfide) groups is 1. The smallest absolute Gasteiger partial charge is 0.200 e. The third-order valence-electron chi connectivity index (χ3n) is 2.61. The van der Waals surface area contributed by atoms with Gasteiger partial charge in [-0.15, -0.1) is 11.8 Å². The second-order valence-corrected chi connectivity index (χ2v) is 5.16. The zero-order valence-electron chi connectivity index (χ0n) is 10.4. The molecule has 0 radical (unpaired) electrons. The Labute approximate surface area is 121 Å². The van der Waals surface area contributed by atoms with Gasteiger partial charge in [0, 0.05) is 10.5 Å². The van der Waals surface area contributed by atoms with Crippen molar-refractivity contribution in [3.63, 3.8) is 0 Å². The molecular weight excluding hydrogens is 280 g/mol. The van der Waals surface area contributed by atoms with Gasteiger partial charge in [-0.25, -0.2) is 0 Å². The number of carbonyl (C=O) groups is 1. The molecule has 2 nitrogen and oxygen atoms in total. The highest BCUT2D eigenvalue weighted by Gasteiger charge is 2.08. The first kappa shape index (κ1) is 14.0. The Morgan fingerprint density at radius 1 is 1.16 bits per heavy atom. The first-order valence-corrected chi connectivity index (χ1v) is 7.35. The average molecular weight is 293 g/mol. The van der Waals surface area contributed by atoms with Gasteiger partial charge < -0.3 is 4.74 Å². The topological polar surface area (TPSA) is 26.3 Å². The summed E-state index contributed by atoms with van der Waals surface area (Å²) in [4.78, 5) is 13.1. The lowest BCUT2D eigenvalue weighted by molar-refractivity contribution is 0.0921. The highest BCUT2D eigenvalue weighted by molar-refractivity contribution is 7.98. The summed E-state index contributed by atoms with van der Waals surface area (Å²) in [5.74, 6) is 0.464. The summed E-state index contributed by atoms with van der Waals surface area (Å²) in [6, 6.07) is 14.6. The first-order valence-electron chi connectivity index (χ1n) is 5.75. The van der Waals surface area contributed by atoms with Gasteiger partial charge in [0.1, 0.15) is 5.75 Å². The fourth-order valence-corrected chi connectivity index (χ4v) is 2.16. The van der Waals surface area contributed by atoms with Crippen LogP contribution in [-0.4, -0.2) is 18.6 Å². The molecule has 98 valence electrons. The molecular formula is C15H13ClO2S. The van der Waals surface area contributed by atoms with Crippen LogP contribution in [0.25, 0.3) is 0 Å². The van der Waals surface area contributed by atoms with E-state index in [0.717, 1.165) is 4.90 Å². The van der Waals surface area contributed by atoms with Crippen LogP contribution in [0.4, 0.5) is 0 Å². The normalized spacial score (nSPS) is 10.2. The van der Waals surface area contributed by atoms with Crippen LogP contribution in [-0.2, 0) is 0 Å². The summed E-state index contributed by atoms with van der Waals surface area (Å²) in [5, 5.41) is 0.507. The third-order valence-corrected chi connectivity index (χ3v) is 3.66. The van der Waals surface area contributed by atoms with E-state index in [2.05, 4.69) is 0 Å². The van der Waals surface area contributed by atoms with E-state index in [-0.39, 0.29) is 12.4 Å². The van der Waals surface area contributed by atoms with E-state index in [1.54, 1.807) is 23.9 Å². The number of carbonyl (C=O) groups excluding carboxylic acids is 1. The largest absolute Gasteiger partial charge is 0.484 e. The molecule has 0 fully saturated rings. The molecule has 0 heterocycles. The van der Waals surface area contributed by atoms with Gasteiger partial charge in [0.05, 0.1) is 5.02 Å². The van der Waals surface area contributed by atoms with Crippen molar-refractivity contribution in [1.82, 2.24) is 0 Å². The maximum Gasteiger partial charge on any atom is 0.200 e. The van der Waals surface area contributed by atoms with Crippen molar-refractivity contribution >= 4 is 29.1 Å². The SMILES string of the molecule is CSc1ccc(C(=O)COc2ccccc2Cl)cc1. The molecule has 0 saturated heterocycles. The molecule has 4 heteroatoms. The molecule has 0 spiro atoms. The predicted octanol–water partition coefficient (Wildman–Crippen LogP) is 4.32. The van der Waals surface area contributed by atoms with Crippen LogP contribution >= 0.6 is 23.4 Å². The van der Waals surface area contributed by atoms with Gasteiger partial charge in [-0.2, -0.15) is 0 Å². The molecule has 0 saturated carbocycles. The number of para-hydroxylation sites is 1. The molecule has 2 rings (SSSR count). The lowest BCUT2D eigenvalue weighted by Gasteiger charge is -2.07. The number of hydrogen-bond acceptors (Lipinski definition) is 3. The number of ketones is 1. The van der Waals surface area contributed by atoms with E-state index in [9.17, 15) is 4.79 Å². The van der Waals surface area contributed by atoms with Gasteiger partial charge in [0.2, 0.25) is 0 Å². The van der Waals surface area contributed by atoms with Crippen molar-refractivity contribution in [2.45, 2.75) is 4.90 Å². The van der Waals surface area contributed by atoms with Gasteiger partial charge in [-0.05, 0) is 30.5 Å². The van der Waals surface area contributed by atoms with Gasteiger partial charge in [-0.3, -0.25) is 4.79 Å². The highest BCUT2D eigenvalue weighted by Crippen LogP contribution is 2.23. The molecule has 0 atom stereocenters. The lowest BCUT2D eigenvalue weighted by Crippen LogP contribution is -2.11. The molecule has 0 bridgehead atoms. The quantitative estimate of drug-likeness (QED) is 0.606. The number of halogens is 1. The maximum atomic E-state index is 12.0. The van der Waals surface area contributed by atoms with Gasteiger partial charge >= 0.3 is 0 Å². The Kier molecular flexibility index (Phi) is 4.88. The number of rotatable bonds is 5. The Bertz CT molecular complexity index is 567. The zero-order chi connectivity index (χ0) is 13.7. The Morgan fingerprint density at radius 2 is 1.84 bits per heavy atom. The first-order chi connectivity index (χ1) is 9.20. The van der Waals surface area contributed by atoms with Crippen molar-refractivity contribution in [1.29, 1.82) is 0 Å². The summed E-state index contributed by atoms with van der Waals surface area (Å²) in [6.07, 6.45) is 2.00. The lowest BCUT2D eigenvalue weighted by atomic mass is 10.1. The van der Waals surface area contributed by atoms with Crippen molar-refractivity contribution in [2.24, 2.45) is 0 Å². The standard InChI is InChI=1S/C15H13ClO2S/c1-19-12-8-6-11(7-9-12)14(17)10-18-15-5-3-2-4-13(15)16/h2-9H,10H2,1H3. The highest BCUT2D eigenvalue weighted by atomic mass is 35.5. The minimum Gasteiger partial charge on any atom is -0.484 e. The second kappa shape index (κ2) is 6.64. The molecule has 0 aromatic heterocycles. The fraction of sp³-hybridized carbons (Fsp3) is 0.133. The minimum absolute atomic E-state index is 0.0116. The summed E-state index contributed by atoms with van der Waals surface area (Å²) in [7, 11) is 0. The van der Waals surface area contributed by atoms with Gasteiger partial charge in [0.25, 0.3) is 0 Å².